The lowest BCUT2D eigenvalue weighted by molar-refractivity contribution is 0.0655. The fraction of sp³-hybridized carbons (Fsp3) is 0.467. The minimum atomic E-state index is -0.0560. The lowest BCUT2D eigenvalue weighted by Crippen LogP contribution is -2.52. The van der Waals surface area contributed by atoms with Gasteiger partial charge in [0.2, 0.25) is 0 Å². The third kappa shape index (κ3) is 2.99. The quantitative estimate of drug-likeness (QED) is 0.869. The van der Waals surface area contributed by atoms with E-state index in [1.165, 1.54) is 4.90 Å². The molecule has 1 aromatic rings. The summed E-state index contributed by atoms with van der Waals surface area (Å²) in [5.74, 6) is -0.0256. The van der Waals surface area contributed by atoms with Gasteiger partial charge in [-0.15, -0.1) is 0 Å². The van der Waals surface area contributed by atoms with Gasteiger partial charge in [0.1, 0.15) is 0 Å². The van der Waals surface area contributed by atoms with E-state index in [0.29, 0.717) is 11.1 Å². The van der Waals surface area contributed by atoms with E-state index in [1.807, 2.05) is 11.8 Å². The van der Waals surface area contributed by atoms with Crippen LogP contribution in [0.4, 0.5) is 0 Å². The van der Waals surface area contributed by atoms with E-state index in [4.69, 9.17) is 0 Å². The maximum atomic E-state index is 12.4. The highest BCUT2D eigenvalue weighted by Crippen LogP contribution is 2.12. The summed E-state index contributed by atoms with van der Waals surface area (Å²) >= 11 is 0. The van der Waals surface area contributed by atoms with Gasteiger partial charge in [-0.1, -0.05) is 0 Å². The summed E-state index contributed by atoms with van der Waals surface area (Å²) in [6.07, 6.45) is 0. The Kier molecular flexibility index (Phi) is 4.39. The van der Waals surface area contributed by atoms with Gasteiger partial charge in [0.25, 0.3) is 11.8 Å². The average Bonchev–Trinajstić information content (AvgIpc) is 2.46. The van der Waals surface area contributed by atoms with Gasteiger partial charge >= 0.3 is 0 Å². The predicted octanol–water partition coefficient (Wildman–Crippen LogP) is 0.822. The van der Waals surface area contributed by atoms with E-state index in [9.17, 15) is 9.59 Å². The van der Waals surface area contributed by atoms with Crippen LogP contribution in [0, 0.1) is 0 Å². The van der Waals surface area contributed by atoms with Crippen LogP contribution in [0.1, 0.15) is 27.6 Å². The molecule has 1 unspecified atom stereocenters. The van der Waals surface area contributed by atoms with Crippen molar-refractivity contribution in [3.63, 3.8) is 0 Å². The zero-order valence-corrected chi connectivity index (χ0v) is 12.2. The number of rotatable bonds is 2. The zero-order chi connectivity index (χ0) is 14.7. The van der Waals surface area contributed by atoms with Crippen LogP contribution in [-0.2, 0) is 0 Å². The zero-order valence-electron chi connectivity index (χ0n) is 12.2. The summed E-state index contributed by atoms with van der Waals surface area (Å²) in [5.41, 5.74) is 1.23. The summed E-state index contributed by atoms with van der Waals surface area (Å²) in [6.45, 7) is 4.41. The second kappa shape index (κ2) is 6.05. The lowest BCUT2D eigenvalue weighted by atomic mass is 10.1. The van der Waals surface area contributed by atoms with Crippen molar-refractivity contribution in [1.82, 2.24) is 15.1 Å². The molecule has 1 aliphatic heterocycles. The lowest BCUT2D eigenvalue weighted by Gasteiger charge is -2.34. The van der Waals surface area contributed by atoms with Crippen molar-refractivity contribution >= 4 is 11.8 Å². The van der Waals surface area contributed by atoms with Crippen LogP contribution in [0.3, 0.4) is 0 Å². The molecule has 1 heterocycles. The normalized spacial score (nSPS) is 18.8. The van der Waals surface area contributed by atoms with Crippen molar-refractivity contribution in [1.29, 1.82) is 0 Å². The van der Waals surface area contributed by atoms with E-state index in [2.05, 4.69) is 5.32 Å². The second-order valence-corrected chi connectivity index (χ2v) is 5.33. The maximum Gasteiger partial charge on any atom is 0.254 e. The minimum absolute atomic E-state index is 0.0304. The van der Waals surface area contributed by atoms with Crippen LogP contribution >= 0.6 is 0 Å². The van der Waals surface area contributed by atoms with E-state index in [1.54, 1.807) is 38.4 Å². The number of hydrogen-bond acceptors (Lipinski definition) is 3. The van der Waals surface area contributed by atoms with Crippen molar-refractivity contribution in [2.45, 2.75) is 13.0 Å². The number of carbonyl (C=O) groups is 2. The third-order valence-corrected chi connectivity index (χ3v) is 3.55. The van der Waals surface area contributed by atoms with Gasteiger partial charge in [-0.05, 0) is 31.2 Å². The van der Waals surface area contributed by atoms with Crippen molar-refractivity contribution in [2.24, 2.45) is 0 Å². The molecule has 1 N–H and O–H groups in total. The summed E-state index contributed by atoms with van der Waals surface area (Å²) in [7, 11) is 3.42. The number of nitrogens with one attached hydrogen (secondary N) is 1. The summed E-state index contributed by atoms with van der Waals surface area (Å²) in [6, 6.07) is 7.08. The molecule has 0 saturated carbocycles. The smallest absolute Gasteiger partial charge is 0.254 e. The molecule has 0 radical (unpaired) electrons. The number of hydrogen-bond donors (Lipinski definition) is 1. The molecule has 0 bridgehead atoms. The van der Waals surface area contributed by atoms with Gasteiger partial charge in [-0.2, -0.15) is 0 Å². The second-order valence-electron chi connectivity index (χ2n) is 5.33. The van der Waals surface area contributed by atoms with Crippen LogP contribution in [0.25, 0.3) is 0 Å². The first-order chi connectivity index (χ1) is 9.50. The Bertz CT molecular complexity index is 496. The SMILES string of the molecule is CC1CNCCN1C(=O)c1ccc(C(=O)N(C)C)cc1. The van der Waals surface area contributed by atoms with E-state index < -0.39 is 0 Å². The summed E-state index contributed by atoms with van der Waals surface area (Å²) in [4.78, 5) is 27.6. The molecular weight excluding hydrogens is 254 g/mol. The molecule has 5 nitrogen and oxygen atoms in total. The molecular formula is C15H21N3O2. The molecule has 5 heteroatoms. The summed E-state index contributed by atoms with van der Waals surface area (Å²) in [5, 5.41) is 3.26. The average molecular weight is 275 g/mol. The van der Waals surface area contributed by atoms with Gasteiger partial charge in [-0.25, -0.2) is 0 Å². The van der Waals surface area contributed by atoms with Crippen LogP contribution in [-0.4, -0.2) is 61.4 Å². The minimum Gasteiger partial charge on any atom is -0.345 e. The van der Waals surface area contributed by atoms with Crippen molar-refractivity contribution < 1.29 is 9.59 Å². The Labute approximate surface area is 119 Å². The first-order valence-corrected chi connectivity index (χ1v) is 6.84. The fourth-order valence-electron chi connectivity index (χ4n) is 2.32. The van der Waals surface area contributed by atoms with Crippen LogP contribution < -0.4 is 5.32 Å². The van der Waals surface area contributed by atoms with Crippen molar-refractivity contribution in [3.05, 3.63) is 35.4 Å². The first-order valence-electron chi connectivity index (χ1n) is 6.84. The monoisotopic (exact) mass is 275 g/mol. The van der Waals surface area contributed by atoms with Crippen LogP contribution in [0.5, 0.6) is 0 Å². The molecule has 1 fully saturated rings. The van der Waals surface area contributed by atoms with Gasteiger partial charge < -0.3 is 15.1 Å². The highest BCUT2D eigenvalue weighted by molar-refractivity contribution is 5.97. The molecule has 1 atom stereocenters. The highest BCUT2D eigenvalue weighted by atomic mass is 16.2. The van der Waals surface area contributed by atoms with E-state index in [0.717, 1.165) is 19.6 Å². The Balaban J connectivity index is 2.13. The molecule has 0 aromatic heterocycles. The predicted molar refractivity (Wildman–Crippen MR) is 77.8 cm³/mol. The standard InChI is InChI=1S/C15H21N3O2/c1-11-10-16-8-9-18(11)15(20)13-6-4-12(5-7-13)14(19)17(2)3/h4-7,11,16H,8-10H2,1-3H3. The first kappa shape index (κ1) is 14.5. The third-order valence-electron chi connectivity index (χ3n) is 3.55. The van der Waals surface area contributed by atoms with E-state index >= 15 is 0 Å². The molecule has 108 valence electrons. The van der Waals surface area contributed by atoms with Gasteiger partial charge in [0, 0.05) is 50.9 Å². The number of carbonyl (C=O) groups excluding carboxylic acids is 2. The number of piperazine rings is 1. The number of nitrogens with zero attached hydrogens (tertiary/aromatic N) is 2. The number of amides is 2. The maximum absolute atomic E-state index is 12.4. The molecule has 1 aromatic carbocycles. The Morgan fingerprint density at radius 1 is 1.20 bits per heavy atom. The molecule has 0 spiro atoms. The summed E-state index contributed by atoms with van der Waals surface area (Å²) < 4.78 is 0. The Morgan fingerprint density at radius 2 is 1.80 bits per heavy atom. The fourth-order valence-corrected chi connectivity index (χ4v) is 2.32. The molecule has 20 heavy (non-hydrogen) atoms. The van der Waals surface area contributed by atoms with Gasteiger partial charge in [0.05, 0.1) is 0 Å². The topological polar surface area (TPSA) is 52.7 Å². The molecule has 2 rings (SSSR count). The van der Waals surface area contributed by atoms with Gasteiger partial charge in [-0.3, -0.25) is 9.59 Å². The molecule has 1 aliphatic rings. The van der Waals surface area contributed by atoms with Crippen molar-refractivity contribution in [3.8, 4) is 0 Å². The highest BCUT2D eigenvalue weighted by Gasteiger charge is 2.24. The van der Waals surface area contributed by atoms with Gasteiger partial charge in [0.15, 0.2) is 0 Å². The van der Waals surface area contributed by atoms with E-state index in [-0.39, 0.29) is 17.9 Å². The number of benzene rings is 1. The van der Waals surface area contributed by atoms with Crippen LogP contribution in [0.15, 0.2) is 24.3 Å². The van der Waals surface area contributed by atoms with Crippen LogP contribution in [0.2, 0.25) is 0 Å². The largest absolute Gasteiger partial charge is 0.345 e. The molecule has 2 amide bonds. The Morgan fingerprint density at radius 3 is 2.35 bits per heavy atom. The Hall–Kier alpha value is -1.88. The van der Waals surface area contributed by atoms with Crippen molar-refractivity contribution in [2.75, 3.05) is 33.7 Å². The molecule has 1 saturated heterocycles. The molecule has 0 aliphatic carbocycles.